The number of hydrogen-bond donors (Lipinski definition) is 1. The molecule has 37 heavy (non-hydrogen) atoms. The molecule has 0 saturated carbocycles. The Hall–Kier alpha value is -2.69. The minimum Gasteiger partial charge on any atom is -0.348 e. The maximum Gasteiger partial charge on any atom is 0.282 e. The molecule has 2 amide bonds. The van der Waals surface area contributed by atoms with E-state index in [2.05, 4.69) is 5.32 Å². The molecule has 13 heteroatoms. The van der Waals surface area contributed by atoms with Crippen LogP contribution >= 0.6 is 0 Å². The summed E-state index contributed by atoms with van der Waals surface area (Å²) in [6, 6.07) is 3.54. The van der Waals surface area contributed by atoms with Crippen molar-refractivity contribution in [3.8, 4) is 6.07 Å². The molecule has 0 aromatic heterocycles. The summed E-state index contributed by atoms with van der Waals surface area (Å²) >= 11 is 0. The highest BCUT2D eigenvalue weighted by atomic mass is 32.2. The summed E-state index contributed by atoms with van der Waals surface area (Å²) in [4.78, 5) is 27.9. The summed E-state index contributed by atoms with van der Waals surface area (Å²) in [5, 5.41) is 11.6. The summed E-state index contributed by atoms with van der Waals surface area (Å²) in [6.45, 7) is 2.48. The molecule has 4 rings (SSSR count). The standard InChI is InChI=1S/C24H30F3N5O4S/c1-15(19-7-6-17(22(26)27)10-20(19)25)29-23(33)21-5-3-9-32(21)24(34)18-4-2-8-30(14-18)37(35,36)31-12-16(11-28)13-31/h6-7,10,15-16,18,21-22H,2-5,8-9,12-14H2,1H3,(H,29,33)/t15?,18-,21+/m0/s1. The highest BCUT2D eigenvalue weighted by molar-refractivity contribution is 7.86. The van der Waals surface area contributed by atoms with Gasteiger partial charge in [-0.1, -0.05) is 12.1 Å². The molecule has 3 saturated heterocycles. The quantitative estimate of drug-likeness (QED) is 0.569. The van der Waals surface area contributed by atoms with Gasteiger partial charge in [-0.05, 0) is 38.7 Å². The van der Waals surface area contributed by atoms with Gasteiger partial charge >= 0.3 is 0 Å². The SMILES string of the molecule is CC(NC(=O)[C@H]1CCCN1C(=O)[C@H]1CCCN(S(=O)(=O)N2CC(C#N)C2)C1)c1ccc(C(F)F)cc1F. The van der Waals surface area contributed by atoms with Gasteiger partial charge in [0.15, 0.2) is 0 Å². The highest BCUT2D eigenvalue weighted by Crippen LogP contribution is 2.30. The fourth-order valence-electron chi connectivity index (χ4n) is 5.18. The largest absolute Gasteiger partial charge is 0.348 e. The predicted molar refractivity (Wildman–Crippen MR) is 127 cm³/mol. The molecule has 3 heterocycles. The number of carbonyl (C=O) groups excluding carboxylic acids is 2. The van der Waals surface area contributed by atoms with Crippen molar-refractivity contribution in [1.82, 2.24) is 18.8 Å². The molecular weight excluding hydrogens is 511 g/mol. The maximum absolute atomic E-state index is 14.4. The predicted octanol–water partition coefficient (Wildman–Crippen LogP) is 2.34. The van der Waals surface area contributed by atoms with Gasteiger partial charge in [0, 0.05) is 43.9 Å². The normalized spacial score (nSPS) is 24.5. The Labute approximate surface area is 214 Å². The number of rotatable bonds is 7. The molecule has 1 aromatic carbocycles. The first kappa shape index (κ1) is 27.3. The van der Waals surface area contributed by atoms with E-state index in [4.69, 9.17) is 5.26 Å². The van der Waals surface area contributed by atoms with Crippen molar-refractivity contribution >= 4 is 22.0 Å². The molecule has 1 N–H and O–H groups in total. The number of nitrogens with zero attached hydrogens (tertiary/aromatic N) is 4. The Morgan fingerprint density at radius 2 is 1.81 bits per heavy atom. The van der Waals surface area contributed by atoms with E-state index in [1.165, 1.54) is 26.5 Å². The van der Waals surface area contributed by atoms with Crippen LogP contribution in [0.3, 0.4) is 0 Å². The molecule has 3 atom stereocenters. The number of alkyl halides is 2. The lowest BCUT2D eigenvalue weighted by atomic mass is 9.97. The van der Waals surface area contributed by atoms with Gasteiger partial charge in [-0.2, -0.15) is 22.3 Å². The van der Waals surface area contributed by atoms with Crippen LogP contribution in [0.25, 0.3) is 0 Å². The van der Waals surface area contributed by atoms with Crippen LogP contribution in [-0.4, -0.2) is 72.5 Å². The van der Waals surface area contributed by atoms with E-state index in [9.17, 15) is 31.2 Å². The lowest BCUT2D eigenvalue weighted by molar-refractivity contribution is -0.142. The number of likely N-dealkylation sites (tertiary alicyclic amines) is 1. The minimum atomic E-state index is -3.76. The topological polar surface area (TPSA) is 114 Å². The summed E-state index contributed by atoms with van der Waals surface area (Å²) in [6.07, 6.45) is -0.810. The second-order valence-corrected chi connectivity index (χ2v) is 11.8. The zero-order valence-electron chi connectivity index (χ0n) is 20.4. The van der Waals surface area contributed by atoms with Crippen molar-refractivity contribution in [1.29, 1.82) is 5.26 Å². The van der Waals surface area contributed by atoms with E-state index < -0.39 is 51.9 Å². The van der Waals surface area contributed by atoms with E-state index in [-0.39, 0.29) is 43.6 Å². The van der Waals surface area contributed by atoms with Crippen LogP contribution in [0.1, 0.15) is 56.2 Å². The lowest BCUT2D eigenvalue weighted by Gasteiger charge is -2.41. The number of benzene rings is 1. The van der Waals surface area contributed by atoms with Gasteiger partial charge in [-0.25, -0.2) is 13.2 Å². The van der Waals surface area contributed by atoms with Crippen molar-refractivity contribution in [2.45, 2.75) is 51.1 Å². The van der Waals surface area contributed by atoms with Gasteiger partial charge < -0.3 is 10.2 Å². The minimum absolute atomic E-state index is 0.0117. The van der Waals surface area contributed by atoms with Crippen LogP contribution in [0, 0.1) is 29.0 Å². The molecule has 3 aliphatic rings. The molecule has 3 aliphatic heterocycles. The van der Waals surface area contributed by atoms with Gasteiger partial charge in [-0.3, -0.25) is 9.59 Å². The van der Waals surface area contributed by atoms with Crippen LogP contribution in [0.4, 0.5) is 13.2 Å². The van der Waals surface area contributed by atoms with Crippen LogP contribution < -0.4 is 5.32 Å². The fraction of sp³-hybridized carbons (Fsp3) is 0.625. The van der Waals surface area contributed by atoms with Crippen molar-refractivity contribution < 1.29 is 31.2 Å². The fourth-order valence-corrected chi connectivity index (χ4v) is 6.97. The summed E-state index contributed by atoms with van der Waals surface area (Å²) in [5.41, 5.74) is -0.388. The molecule has 0 bridgehead atoms. The smallest absolute Gasteiger partial charge is 0.282 e. The Morgan fingerprint density at radius 1 is 1.11 bits per heavy atom. The van der Waals surface area contributed by atoms with Crippen LogP contribution in [0.5, 0.6) is 0 Å². The molecular formula is C24H30F3N5O4S. The van der Waals surface area contributed by atoms with Crippen LogP contribution in [-0.2, 0) is 19.8 Å². The van der Waals surface area contributed by atoms with E-state index in [1.54, 1.807) is 0 Å². The first-order valence-corrected chi connectivity index (χ1v) is 13.8. The molecule has 0 radical (unpaired) electrons. The van der Waals surface area contributed by atoms with Crippen molar-refractivity contribution in [2.75, 3.05) is 32.7 Å². The molecule has 1 unspecified atom stereocenters. The molecule has 0 aliphatic carbocycles. The molecule has 1 aromatic rings. The third-order valence-corrected chi connectivity index (χ3v) is 9.29. The first-order chi connectivity index (χ1) is 17.5. The van der Waals surface area contributed by atoms with E-state index in [1.807, 2.05) is 6.07 Å². The third-order valence-electron chi connectivity index (χ3n) is 7.36. The highest BCUT2D eigenvalue weighted by Gasteiger charge is 2.44. The molecule has 0 spiro atoms. The Kier molecular flexibility index (Phi) is 8.11. The zero-order valence-corrected chi connectivity index (χ0v) is 21.3. The van der Waals surface area contributed by atoms with Gasteiger partial charge in [0.2, 0.25) is 11.8 Å². The molecule has 9 nitrogen and oxygen atoms in total. The number of piperidine rings is 1. The number of nitrogens with one attached hydrogen (secondary N) is 1. The maximum atomic E-state index is 14.4. The average Bonchev–Trinajstić information content (AvgIpc) is 3.33. The van der Waals surface area contributed by atoms with E-state index >= 15 is 0 Å². The van der Waals surface area contributed by atoms with Crippen molar-refractivity contribution in [2.24, 2.45) is 11.8 Å². The third kappa shape index (κ3) is 5.61. The van der Waals surface area contributed by atoms with E-state index in [0.717, 1.165) is 12.1 Å². The zero-order chi connectivity index (χ0) is 26.9. The second kappa shape index (κ2) is 11.0. The number of halogens is 3. The monoisotopic (exact) mass is 541 g/mol. The van der Waals surface area contributed by atoms with Gasteiger partial charge in [-0.15, -0.1) is 0 Å². The van der Waals surface area contributed by atoms with Crippen LogP contribution in [0.2, 0.25) is 0 Å². The average molecular weight is 542 g/mol. The van der Waals surface area contributed by atoms with E-state index in [0.29, 0.717) is 32.2 Å². The van der Waals surface area contributed by atoms with Crippen molar-refractivity contribution in [3.63, 3.8) is 0 Å². The lowest BCUT2D eigenvalue weighted by Crippen LogP contribution is -2.57. The van der Waals surface area contributed by atoms with Crippen molar-refractivity contribution in [3.05, 3.63) is 35.1 Å². The molecule has 3 fully saturated rings. The number of hydrogen-bond acceptors (Lipinski definition) is 5. The number of nitriles is 1. The summed E-state index contributed by atoms with van der Waals surface area (Å²) in [7, 11) is -3.76. The Morgan fingerprint density at radius 3 is 2.46 bits per heavy atom. The van der Waals surface area contributed by atoms with Crippen LogP contribution in [0.15, 0.2) is 18.2 Å². The number of carbonyl (C=O) groups is 2. The Balaban J connectivity index is 1.39. The first-order valence-electron chi connectivity index (χ1n) is 12.4. The Bertz CT molecular complexity index is 1190. The summed E-state index contributed by atoms with van der Waals surface area (Å²) < 4.78 is 68.4. The van der Waals surface area contributed by atoms with Gasteiger partial charge in [0.25, 0.3) is 16.6 Å². The molecule has 202 valence electrons. The number of amides is 2. The van der Waals surface area contributed by atoms with Gasteiger partial charge in [0.05, 0.1) is 23.9 Å². The van der Waals surface area contributed by atoms with Gasteiger partial charge in [0.1, 0.15) is 11.9 Å². The summed E-state index contributed by atoms with van der Waals surface area (Å²) in [5.74, 6) is -2.53. The second-order valence-electron chi connectivity index (χ2n) is 9.85.